The molecule has 1 N–H and O–H groups in total. The number of likely N-dealkylation sites (tertiary alicyclic amines) is 1. The summed E-state index contributed by atoms with van der Waals surface area (Å²) < 4.78 is 13.4. The Labute approximate surface area is 217 Å². The van der Waals surface area contributed by atoms with Crippen LogP contribution in [0.25, 0.3) is 0 Å². The van der Waals surface area contributed by atoms with Gasteiger partial charge in [0.15, 0.2) is 0 Å². The number of benzene rings is 2. The van der Waals surface area contributed by atoms with Crippen LogP contribution in [0.3, 0.4) is 0 Å². The predicted molar refractivity (Wildman–Crippen MR) is 140 cm³/mol. The van der Waals surface area contributed by atoms with Crippen molar-refractivity contribution in [2.45, 2.75) is 31.2 Å². The van der Waals surface area contributed by atoms with E-state index in [0.717, 1.165) is 44.6 Å². The molecule has 0 radical (unpaired) electrons. The molecule has 0 atom stereocenters. The maximum atomic E-state index is 13.4. The van der Waals surface area contributed by atoms with Gasteiger partial charge in [0.1, 0.15) is 11.4 Å². The molecule has 2 aliphatic heterocycles. The molecule has 2 aromatic rings. The quantitative estimate of drug-likeness (QED) is 0.343. The van der Waals surface area contributed by atoms with Gasteiger partial charge in [-0.1, -0.05) is 35.5 Å². The molecular formula is C26H33ClFN5O3. The number of hydrogen-bond donors (Lipinski definition) is 1. The van der Waals surface area contributed by atoms with Crippen LogP contribution < -0.4 is 10.2 Å². The van der Waals surface area contributed by atoms with Gasteiger partial charge in [0, 0.05) is 32.9 Å². The zero-order valence-corrected chi connectivity index (χ0v) is 21.5. The number of para-hydroxylation sites is 1. The van der Waals surface area contributed by atoms with Crippen LogP contribution >= 0.6 is 12.4 Å². The fourth-order valence-electron chi connectivity index (χ4n) is 4.95. The first-order chi connectivity index (χ1) is 16.9. The van der Waals surface area contributed by atoms with Gasteiger partial charge in [-0.2, -0.15) is 0 Å². The van der Waals surface area contributed by atoms with Crippen LogP contribution in [0.2, 0.25) is 0 Å². The maximum Gasteiger partial charge on any atom is 0.433 e. The Morgan fingerprint density at radius 2 is 1.78 bits per heavy atom. The molecule has 0 bridgehead atoms. The van der Waals surface area contributed by atoms with Crippen LogP contribution in [0.5, 0.6) is 0 Å². The van der Waals surface area contributed by atoms with Crippen molar-refractivity contribution in [1.82, 2.24) is 15.1 Å². The summed E-state index contributed by atoms with van der Waals surface area (Å²) in [6.07, 6.45) is 2.24. The first kappa shape index (κ1) is 27.4. The molecule has 0 aliphatic carbocycles. The van der Waals surface area contributed by atoms with E-state index in [0.29, 0.717) is 24.4 Å². The standard InChI is InChI=1S/C26H32FN5O3.ClH/c1-28-25(34)35-29-23(20-10-12-21(27)13-11-20)9-6-16-31-17-14-26(15-18-31)24(33)30(2)19-32(26)22-7-4-3-5-8-22;/h3-5,7-8,10-13H,6,9,14-19H2,1-2H3,(H,28,34);1H/b29-23-;. The second kappa shape index (κ2) is 12.2. The number of hydrogen-bond acceptors (Lipinski definition) is 6. The number of likely N-dealkylation sites (N-methyl/N-ethyl adjacent to an activating group) is 1. The lowest BCUT2D eigenvalue weighted by atomic mass is 9.85. The van der Waals surface area contributed by atoms with Gasteiger partial charge < -0.3 is 20.0 Å². The number of rotatable bonds is 7. The van der Waals surface area contributed by atoms with Gasteiger partial charge >= 0.3 is 6.09 Å². The largest absolute Gasteiger partial charge is 0.433 e. The summed E-state index contributed by atoms with van der Waals surface area (Å²) in [5.41, 5.74) is 1.89. The molecule has 2 aromatic carbocycles. The van der Waals surface area contributed by atoms with E-state index in [2.05, 4.69) is 32.4 Å². The molecule has 2 heterocycles. The van der Waals surface area contributed by atoms with Crippen molar-refractivity contribution in [1.29, 1.82) is 0 Å². The Hall–Kier alpha value is -3.17. The minimum Gasteiger partial charge on any atom is -0.339 e. The average Bonchev–Trinajstić information content (AvgIpc) is 3.13. The number of piperidine rings is 1. The van der Waals surface area contributed by atoms with E-state index < -0.39 is 11.6 Å². The Kier molecular flexibility index (Phi) is 9.28. The highest BCUT2D eigenvalue weighted by atomic mass is 35.5. The summed E-state index contributed by atoms with van der Waals surface area (Å²) in [6.45, 7) is 3.07. The summed E-state index contributed by atoms with van der Waals surface area (Å²) >= 11 is 0. The van der Waals surface area contributed by atoms with Crippen LogP contribution in [0.15, 0.2) is 59.8 Å². The van der Waals surface area contributed by atoms with Crippen molar-refractivity contribution in [3.8, 4) is 0 Å². The van der Waals surface area contributed by atoms with Crippen molar-refractivity contribution in [2.24, 2.45) is 5.16 Å². The minimum atomic E-state index is -0.653. The van der Waals surface area contributed by atoms with E-state index >= 15 is 0 Å². The fourth-order valence-corrected chi connectivity index (χ4v) is 4.95. The van der Waals surface area contributed by atoms with Crippen LogP contribution in [0.1, 0.15) is 31.2 Å². The van der Waals surface area contributed by atoms with Gasteiger partial charge in [-0.05, 0) is 62.1 Å². The molecule has 0 saturated carbocycles. The van der Waals surface area contributed by atoms with Crippen molar-refractivity contribution in [3.05, 3.63) is 66.0 Å². The monoisotopic (exact) mass is 517 g/mol. The van der Waals surface area contributed by atoms with E-state index in [4.69, 9.17) is 4.84 Å². The first-order valence-electron chi connectivity index (χ1n) is 11.9. The lowest BCUT2D eigenvalue weighted by Gasteiger charge is -2.43. The summed E-state index contributed by atoms with van der Waals surface area (Å²) in [4.78, 5) is 36.0. The third-order valence-electron chi connectivity index (χ3n) is 6.87. The average molecular weight is 518 g/mol. The maximum absolute atomic E-state index is 13.4. The predicted octanol–water partition coefficient (Wildman–Crippen LogP) is 3.86. The van der Waals surface area contributed by atoms with Crippen molar-refractivity contribution in [2.75, 3.05) is 45.3 Å². The van der Waals surface area contributed by atoms with Gasteiger partial charge in [-0.3, -0.25) is 9.63 Å². The Bertz CT molecular complexity index is 1060. The lowest BCUT2D eigenvalue weighted by molar-refractivity contribution is -0.132. The van der Waals surface area contributed by atoms with Crippen LogP contribution in [0, 0.1) is 5.82 Å². The van der Waals surface area contributed by atoms with Gasteiger partial charge in [-0.15, -0.1) is 12.4 Å². The van der Waals surface area contributed by atoms with Gasteiger partial charge in [0.05, 0.1) is 12.4 Å². The zero-order valence-electron chi connectivity index (χ0n) is 20.7. The molecule has 1 spiro atoms. The summed E-state index contributed by atoms with van der Waals surface area (Å²) in [5, 5.41) is 6.37. The highest BCUT2D eigenvalue weighted by molar-refractivity contribution is 6.00. The minimum absolute atomic E-state index is 0. The topological polar surface area (TPSA) is 77.5 Å². The third kappa shape index (κ3) is 5.96. The van der Waals surface area contributed by atoms with Gasteiger partial charge in [-0.25, -0.2) is 9.18 Å². The second-order valence-electron chi connectivity index (χ2n) is 9.06. The van der Waals surface area contributed by atoms with E-state index in [1.54, 1.807) is 12.1 Å². The number of nitrogens with zero attached hydrogens (tertiary/aromatic N) is 4. The fraction of sp³-hybridized carbons (Fsp3) is 0.423. The molecule has 0 aromatic heterocycles. The molecule has 36 heavy (non-hydrogen) atoms. The van der Waals surface area contributed by atoms with Gasteiger partial charge in [0.2, 0.25) is 5.91 Å². The smallest absolute Gasteiger partial charge is 0.339 e. The Morgan fingerprint density at radius 1 is 1.11 bits per heavy atom. The number of oxime groups is 1. The summed E-state index contributed by atoms with van der Waals surface area (Å²) in [5.74, 6) is -0.141. The second-order valence-corrected chi connectivity index (χ2v) is 9.06. The van der Waals surface area contributed by atoms with E-state index in [9.17, 15) is 14.0 Å². The van der Waals surface area contributed by atoms with Crippen molar-refractivity contribution in [3.63, 3.8) is 0 Å². The highest BCUT2D eigenvalue weighted by Crippen LogP contribution is 2.38. The Morgan fingerprint density at radius 3 is 2.42 bits per heavy atom. The van der Waals surface area contributed by atoms with Crippen LogP contribution in [0.4, 0.5) is 14.9 Å². The van der Waals surface area contributed by atoms with E-state index in [-0.39, 0.29) is 24.1 Å². The third-order valence-corrected chi connectivity index (χ3v) is 6.87. The molecule has 10 heteroatoms. The molecule has 2 saturated heterocycles. The van der Waals surface area contributed by atoms with Crippen molar-refractivity contribution >= 4 is 35.8 Å². The Balaban J connectivity index is 0.00000361. The molecule has 2 aliphatic rings. The molecular weight excluding hydrogens is 485 g/mol. The number of nitrogens with one attached hydrogen (secondary N) is 1. The molecule has 2 fully saturated rings. The highest BCUT2D eigenvalue weighted by Gasteiger charge is 2.52. The first-order valence-corrected chi connectivity index (χ1v) is 11.9. The zero-order chi connectivity index (χ0) is 24.8. The van der Waals surface area contributed by atoms with Crippen LogP contribution in [-0.2, 0) is 9.63 Å². The molecule has 0 unspecified atom stereocenters. The number of carbonyl (C=O) groups excluding carboxylic acids is 2. The number of carbonyl (C=O) groups is 2. The molecule has 8 nitrogen and oxygen atoms in total. The van der Waals surface area contributed by atoms with E-state index in [1.165, 1.54) is 19.2 Å². The van der Waals surface area contributed by atoms with E-state index in [1.807, 2.05) is 30.1 Å². The normalized spacial score (nSPS) is 17.8. The molecule has 194 valence electrons. The number of anilines is 1. The van der Waals surface area contributed by atoms with Crippen LogP contribution in [-0.4, -0.2) is 73.4 Å². The SMILES string of the molecule is CNC(=O)O/N=C(/CCCN1CCC2(CC1)C(=O)N(C)CN2c1ccccc1)c1ccc(F)cc1.Cl. The summed E-state index contributed by atoms with van der Waals surface area (Å²) in [7, 11) is 3.33. The summed E-state index contributed by atoms with van der Waals surface area (Å²) in [6, 6.07) is 16.1. The number of amides is 2. The van der Waals surface area contributed by atoms with Gasteiger partial charge in [0.25, 0.3) is 0 Å². The van der Waals surface area contributed by atoms with Crippen molar-refractivity contribution < 1.29 is 18.8 Å². The molecule has 2 amide bonds. The lowest BCUT2D eigenvalue weighted by Crippen LogP contribution is -2.56. The molecule has 4 rings (SSSR count). The number of halogens is 2.